The molecule has 3 heteroatoms. The van der Waals surface area contributed by atoms with Crippen LogP contribution in [0, 0.1) is 0 Å². The predicted molar refractivity (Wildman–Crippen MR) is 60.8 cm³/mol. The van der Waals surface area contributed by atoms with Crippen LogP contribution in [0.5, 0.6) is 0 Å². The first-order valence-electron chi connectivity index (χ1n) is 5.05. The molecule has 1 aliphatic rings. The monoisotopic (exact) mass is 225 g/mol. The third-order valence-electron chi connectivity index (χ3n) is 2.48. The Morgan fingerprint density at radius 2 is 2.00 bits per heavy atom. The molecule has 75 valence electrons. The van der Waals surface area contributed by atoms with Crippen molar-refractivity contribution in [3.63, 3.8) is 0 Å². The molecule has 1 aromatic rings. The van der Waals surface area contributed by atoms with Crippen LogP contribution in [0.15, 0.2) is 30.3 Å². The van der Waals surface area contributed by atoms with Gasteiger partial charge in [0.05, 0.1) is 5.00 Å². The van der Waals surface area contributed by atoms with Gasteiger partial charge in [0.25, 0.3) is 0 Å². The molecule has 1 aromatic carbocycles. The second-order valence-electron chi connectivity index (χ2n) is 3.55. The minimum atomic E-state index is -0.813. The van der Waals surface area contributed by atoms with Crippen molar-refractivity contribution in [2.75, 3.05) is 6.61 Å². The van der Waals surface area contributed by atoms with Gasteiger partial charge in [-0.15, -0.1) is 11.6 Å². The topological polar surface area (TPSA) is 9.23 Å². The molecule has 0 N–H and O–H groups in total. The maximum Gasteiger partial charge on any atom is 0.234 e. The minimum Gasteiger partial charge on any atom is -0.415 e. The molecule has 14 heavy (non-hydrogen) atoms. The zero-order valence-electron chi connectivity index (χ0n) is 8.08. The SMILES string of the molecule is ClC(c1ccccc1)[Si]1CCCCO1. The number of rotatable bonds is 2. The Bertz CT molecular complexity index is 272. The van der Waals surface area contributed by atoms with E-state index in [0.717, 1.165) is 6.61 Å². The summed E-state index contributed by atoms with van der Waals surface area (Å²) in [4.78, 5) is 0. The zero-order valence-corrected chi connectivity index (χ0v) is 9.83. The van der Waals surface area contributed by atoms with Crippen molar-refractivity contribution in [2.24, 2.45) is 0 Å². The van der Waals surface area contributed by atoms with Crippen LogP contribution in [0.25, 0.3) is 0 Å². The second kappa shape index (κ2) is 4.96. The molecule has 0 saturated carbocycles. The minimum absolute atomic E-state index is 0.113. The molecule has 0 spiro atoms. The third kappa shape index (κ3) is 2.38. The summed E-state index contributed by atoms with van der Waals surface area (Å²) in [7, 11) is -0.813. The van der Waals surface area contributed by atoms with E-state index >= 15 is 0 Å². The molecule has 1 fully saturated rings. The van der Waals surface area contributed by atoms with Gasteiger partial charge in [-0.05, 0) is 18.0 Å². The third-order valence-corrected chi connectivity index (χ3v) is 5.78. The highest BCUT2D eigenvalue weighted by Crippen LogP contribution is 2.29. The van der Waals surface area contributed by atoms with Crippen molar-refractivity contribution in [2.45, 2.75) is 23.9 Å². The van der Waals surface area contributed by atoms with Gasteiger partial charge in [0.2, 0.25) is 9.04 Å². The Morgan fingerprint density at radius 1 is 1.21 bits per heavy atom. The first kappa shape index (κ1) is 10.2. The first-order valence-corrected chi connectivity index (χ1v) is 7.18. The largest absolute Gasteiger partial charge is 0.415 e. The van der Waals surface area contributed by atoms with Crippen molar-refractivity contribution >= 4 is 20.6 Å². The van der Waals surface area contributed by atoms with Crippen molar-refractivity contribution in [1.82, 2.24) is 0 Å². The molecule has 0 bridgehead atoms. The molecule has 1 nitrogen and oxygen atoms in total. The van der Waals surface area contributed by atoms with Crippen LogP contribution in [0.2, 0.25) is 6.04 Å². The van der Waals surface area contributed by atoms with Crippen LogP contribution < -0.4 is 0 Å². The molecule has 1 aliphatic heterocycles. The van der Waals surface area contributed by atoms with E-state index in [2.05, 4.69) is 12.1 Å². The quantitative estimate of drug-likeness (QED) is 0.554. The number of hydrogen-bond donors (Lipinski definition) is 0. The van der Waals surface area contributed by atoms with Crippen molar-refractivity contribution in [3.05, 3.63) is 35.9 Å². The smallest absolute Gasteiger partial charge is 0.234 e. The maximum absolute atomic E-state index is 6.41. The summed E-state index contributed by atoms with van der Waals surface area (Å²) < 4.78 is 5.76. The van der Waals surface area contributed by atoms with E-state index in [9.17, 15) is 0 Å². The fourth-order valence-corrected chi connectivity index (χ4v) is 4.46. The Hall–Kier alpha value is -0.313. The van der Waals surface area contributed by atoms with E-state index in [1.165, 1.54) is 24.4 Å². The van der Waals surface area contributed by atoms with Gasteiger partial charge in [-0.1, -0.05) is 36.8 Å². The summed E-state index contributed by atoms with van der Waals surface area (Å²) >= 11 is 6.41. The highest BCUT2D eigenvalue weighted by molar-refractivity contribution is 6.64. The second-order valence-corrected chi connectivity index (χ2v) is 6.65. The predicted octanol–water partition coefficient (Wildman–Crippen LogP) is 3.31. The van der Waals surface area contributed by atoms with Gasteiger partial charge >= 0.3 is 0 Å². The lowest BCUT2D eigenvalue weighted by molar-refractivity contribution is 0.285. The summed E-state index contributed by atoms with van der Waals surface area (Å²) in [6, 6.07) is 11.5. The van der Waals surface area contributed by atoms with E-state index in [0.29, 0.717) is 0 Å². The van der Waals surface area contributed by atoms with Gasteiger partial charge < -0.3 is 4.43 Å². The van der Waals surface area contributed by atoms with E-state index in [1.807, 2.05) is 18.2 Å². The fourth-order valence-electron chi connectivity index (χ4n) is 1.68. The fraction of sp³-hybridized carbons (Fsp3) is 0.455. The van der Waals surface area contributed by atoms with E-state index < -0.39 is 9.04 Å². The van der Waals surface area contributed by atoms with Crippen LogP contribution in [-0.4, -0.2) is 15.6 Å². The van der Waals surface area contributed by atoms with Crippen molar-refractivity contribution in [1.29, 1.82) is 0 Å². The lowest BCUT2D eigenvalue weighted by Gasteiger charge is -2.24. The summed E-state index contributed by atoms with van der Waals surface area (Å²) in [5.41, 5.74) is 1.21. The normalized spacial score (nSPS) is 20.6. The van der Waals surface area contributed by atoms with Gasteiger partial charge in [-0.2, -0.15) is 0 Å². The molecule has 0 amide bonds. The van der Waals surface area contributed by atoms with Gasteiger partial charge in [0, 0.05) is 6.61 Å². The molecule has 1 atom stereocenters. The average molecular weight is 226 g/mol. The molecular formula is C11H14ClOSi. The summed E-state index contributed by atoms with van der Waals surface area (Å²) in [5, 5.41) is 0.113. The molecule has 1 heterocycles. The Morgan fingerprint density at radius 3 is 2.64 bits per heavy atom. The van der Waals surface area contributed by atoms with Gasteiger partial charge in [-0.3, -0.25) is 0 Å². The lowest BCUT2D eigenvalue weighted by Crippen LogP contribution is -2.28. The molecule has 1 unspecified atom stereocenters. The zero-order chi connectivity index (χ0) is 9.80. The number of alkyl halides is 1. The summed E-state index contributed by atoms with van der Waals surface area (Å²) in [6.07, 6.45) is 2.48. The maximum atomic E-state index is 6.41. The Labute approximate surface area is 91.8 Å². The molecule has 1 saturated heterocycles. The molecule has 0 aliphatic carbocycles. The van der Waals surface area contributed by atoms with Crippen LogP contribution in [0.4, 0.5) is 0 Å². The summed E-state index contributed by atoms with van der Waals surface area (Å²) in [5.74, 6) is 0. The average Bonchev–Trinajstić information content (AvgIpc) is 2.30. The molecular weight excluding hydrogens is 212 g/mol. The lowest BCUT2D eigenvalue weighted by atomic mass is 10.2. The van der Waals surface area contributed by atoms with Crippen LogP contribution >= 0.6 is 11.6 Å². The van der Waals surface area contributed by atoms with E-state index in [4.69, 9.17) is 16.0 Å². The summed E-state index contributed by atoms with van der Waals surface area (Å²) in [6.45, 7) is 0.907. The van der Waals surface area contributed by atoms with Gasteiger partial charge in [0.15, 0.2) is 0 Å². The number of benzene rings is 1. The number of hydrogen-bond acceptors (Lipinski definition) is 1. The van der Waals surface area contributed by atoms with Crippen molar-refractivity contribution < 1.29 is 4.43 Å². The first-order chi connectivity index (χ1) is 6.88. The highest BCUT2D eigenvalue weighted by Gasteiger charge is 2.27. The molecule has 1 radical (unpaired) electrons. The Balaban J connectivity index is 2.03. The van der Waals surface area contributed by atoms with Crippen LogP contribution in [0.1, 0.15) is 23.4 Å². The highest BCUT2D eigenvalue weighted by atomic mass is 35.5. The van der Waals surface area contributed by atoms with Crippen LogP contribution in [-0.2, 0) is 4.43 Å². The van der Waals surface area contributed by atoms with Crippen LogP contribution in [0.3, 0.4) is 0 Å². The molecule has 0 aromatic heterocycles. The Kier molecular flexibility index (Phi) is 3.62. The number of halogens is 1. The molecule has 2 rings (SSSR count). The standard InChI is InChI=1S/C11H14ClOSi/c12-11(10-6-2-1-3-7-10)14-9-5-4-8-13-14/h1-3,6-7,11H,4-5,8-9H2. The van der Waals surface area contributed by atoms with E-state index in [1.54, 1.807) is 0 Å². The van der Waals surface area contributed by atoms with E-state index in [-0.39, 0.29) is 5.00 Å². The van der Waals surface area contributed by atoms with Gasteiger partial charge in [-0.25, -0.2) is 0 Å². The van der Waals surface area contributed by atoms with Gasteiger partial charge in [0.1, 0.15) is 0 Å². The van der Waals surface area contributed by atoms with Crippen molar-refractivity contribution in [3.8, 4) is 0 Å².